The zero-order valence-corrected chi connectivity index (χ0v) is 17.7. The lowest BCUT2D eigenvalue weighted by Gasteiger charge is -2.06. The van der Waals surface area contributed by atoms with E-state index in [9.17, 15) is 4.79 Å². The van der Waals surface area contributed by atoms with E-state index in [0.29, 0.717) is 5.56 Å². The summed E-state index contributed by atoms with van der Waals surface area (Å²) >= 11 is 1.60. The Morgan fingerprint density at radius 3 is 2.34 bits per heavy atom. The summed E-state index contributed by atoms with van der Waals surface area (Å²) in [6.45, 7) is 4.06. The Morgan fingerprint density at radius 2 is 1.72 bits per heavy atom. The van der Waals surface area contributed by atoms with Crippen LogP contribution in [0.4, 0.5) is 0 Å². The first-order valence-corrected chi connectivity index (χ1v) is 10.5. The van der Waals surface area contributed by atoms with Gasteiger partial charge in [0.2, 0.25) is 0 Å². The number of hydrogen-bond donors (Lipinski definition) is 1. The number of thioether (sulfide) groups is 1. The predicted octanol–water partition coefficient (Wildman–Crippen LogP) is 4.21. The van der Waals surface area contributed by atoms with Crippen LogP contribution in [-0.2, 0) is 19.2 Å². The van der Waals surface area contributed by atoms with Crippen LogP contribution < -0.4 is 5.43 Å². The highest BCUT2D eigenvalue weighted by Crippen LogP contribution is 2.20. The number of hydrazone groups is 1. The smallest absolute Gasteiger partial charge is 0.271 e. The fraction of sp³-hybridized carbons (Fsp3) is 0.273. The number of hydrogen-bond acceptors (Lipinski definition) is 5. The third-order valence-corrected chi connectivity index (χ3v) is 5.59. The molecule has 0 saturated carbocycles. The van der Waals surface area contributed by atoms with Gasteiger partial charge in [-0.25, -0.2) is 5.43 Å². The molecule has 6 nitrogen and oxygen atoms in total. The fourth-order valence-electron chi connectivity index (χ4n) is 2.77. The van der Waals surface area contributed by atoms with Gasteiger partial charge in [0.15, 0.2) is 5.16 Å². The van der Waals surface area contributed by atoms with Crippen molar-refractivity contribution >= 4 is 23.4 Å². The van der Waals surface area contributed by atoms with Crippen LogP contribution in [0.2, 0.25) is 0 Å². The molecule has 150 valence electrons. The number of nitrogens with zero attached hydrogens (tertiary/aromatic N) is 4. The minimum atomic E-state index is -0.223. The summed E-state index contributed by atoms with van der Waals surface area (Å²) in [5.41, 5.74) is 7.42. The van der Waals surface area contributed by atoms with Crippen LogP contribution in [0.3, 0.4) is 0 Å². The molecule has 3 rings (SSSR count). The van der Waals surface area contributed by atoms with Crippen LogP contribution in [0.5, 0.6) is 0 Å². The molecule has 0 aliphatic carbocycles. The van der Waals surface area contributed by atoms with E-state index in [1.54, 1.807) is 18.1 Å². The maximum absolute atomic E-state index is 12.4. The van der Waals surface area contributed by atoms with Crippen molar-refractivity contribution in [3.05, 3.63) is 77.1 Å². The highest BCUT2D eigenvalue weighted by Gasteiger charge is 2.07. The second-order valence-corrected chi connectivity index (χ2v) is 7.74. The third kappa shape index (κ3) is 5.77. The molecule has 2 aromatic carbocycles. The standard InChI is InChI=1S/C22H25N5OS/c1-4-5-17-6-10-19(11-7-17)16(2)24-25-21(28)20-12-8-18(9-13-20)14-29-22-26-23-15-27(22)3/h6-13,15H,4-5,14H2,1-3H3,(H,25,28)/b24-16-. The van der Waals surface area contributed by atoms with Crippen LogP contribution in [0.25, 0.3) is 0 Å². The summed E-state index contributed by atoms with van der Waals surface area (Å²) in [5.74, 6) is 0.541. The number of aryl methyl sites for hydroxylation is 2. The third-order valence-electron chi connectivity index (χ3n) is 4.49. The molecule has 0 radical (unpaired) electrons. The molecular formula is C22H25N5OS. The Kier molecular flexibility index (Phi) is 7.19. The lowest BCUT2D eigenvalue weighted by molar-refractivity contribution is 0.0955. The number of nitrogens with one attached hydrogen (secondary N) is 1. The SMILES string of the molecule is CCCc1ccc(/C(C)=N\NC(=O)c2ccc(CSc3nncn3C)cc2)cc1. The Hall–Kier alpha value is -2.93. The normalized spacial score (nSPS) is 11.5. The molecule has 0 unspecified atom stereocenters. The predicted molar refractivity (Wildman–Crippen MR) is 117 cm³/mol. The average molecular weight is 408 g/mol. The van der Waals surface area contributed by atoms with E-state index < -0.39 is 0 Å². The topological polar surface area (TPSA) is 72.2 Å². The summed E-state index contributed by atoms with van der Waals surface area (Å²) in [6, 6.07) is 15.8. The highest BCUT2D eigenvalue weighted by atomic mass is 32.2. The van der Waals surface area contributed by atoms with Crippen molar-refractivity contribution in [1.82, 2.24) is 20.2 Å². The van der Waals surface area contributed by atoms with E-state index in [2.05, 4.69) is 39.8 Å². The van der Waals surface area contributed by atoms with Gasteiger partial charge in [0.05, 0.1) is 5.71 Å². The molecule has 1 aromatic heterocycles. The molecule has 0 spiro atoms. The van der Waals surface area contributed by atoms with Crippen LogP contribution >= 0.6 is 11.8 Å². The van der Waals surface area contributed by atoms with Gasteiger partial charge in [-0.15, -0.1) is 10.2 Å². The van der Waals surface area contributed by atoms with Crippen molar-refractivity contribution in [3.63, 3.8) is 0 Å². The minimum Gasteiger partial charge on any atom is -0.312 e. The van der Waals surface area contributed by atoms with Crippen molar-refractivity contribution in [2.45, 2.75) is 37.6 Å². The fourth-order valence-corrected chi connectivity index (χ4v) is 3.61. The summed E-state index contributed by atoms with van der Waals surface area (Å²) in [6.07, 6.45) is 3.87. The molecule has 29 heavy (non-hydrogen) atoms. The van der Waals surface area contributed by atoms with E-state index in [-0.39, 0.29) is 5.91 Å². The van der Waals surface area contributed by atoms with Gasteiger partial charge in [-0.05, 0) is 42.2 Å². The monoisotopic (exact) mass is 407 g/mol. The van der Waals surface area contributed by atoms with Crippen LogP contribution in [0.15, 0.2) is 65.1 Å². The summed E-state index contributed by atoms with van der Waals surface area (Å²) in [7, 11) is 1.91. The van der Waals surface area contributed by atoms with E-state index in [0.717, 1.165) is 40.6 Å². The van der Waals surface area contributed by atoms with Gasteiger partial charge < -0.3 is 4.57 Å². The lowest BCUT2D eigenvalue weighted by Crippen LogP contribution is -2.19. The Balaban J connectivity index is 1.55. The maximum Gasteiger partial charge on any atom is 0.271 e. The van der Waals surface area contributed by atoms with Gasteiger partial charge >= 0.3 is 0 Å². The van der Waals surface area contributed by atoms with Gasteiger partial charge in [-0.2, -0.15) is 5.10 Å². The van der Waals surface area contributed by atoms with Crippen LogP contribution in [0, 0.1) is 0 Å². The molecule has 0 atom stereocenters. The molecule has 0 bridgehead atoms. The largest absolute Gasteiger partial charge is 0.312 e. The van der Waals surface area contributed by atoms with E-state index in [1.165, 1.54) is 5.56 Å². The van der Waals surface area contributed by atoms with Crippen molar-refractivity contribution in [1.29, 1.82) is 0 Å². The van der Waals surface area contributed by atoms with Crippen molar-refractivity contribution < 1.29 is 4.79 Å². The van der Waals surface area contributed by atoms with E-state index >= 15 is 0 Å². The number of carbonyl (C=O) groups excluding carboxylic acids is 1. The molecule has 0 aliphatic heterocycles. The summed E-state index contributed by atoms with van der Waals surface area (Å²) < 4.78 is 1.88. The van der Waals surface area contributed by atoms with Gasteiger partial charge in [0.25, 0.3) is 5.91 Å². The average Bonchev–Trinajstić information content (AvgIpc) is 3.16. The van der Waals surface area contributed by atoms with Crippen molar-refractivity contribution in [2.24, 2.45) is 12.1 Å². The van der Waals surface area contributed by atoms with Gasteiger partial charge in [-0.1, -0.05) is 61.5 Å². The van der Waals surface area contributed by atoms with Gasteiger partial charge in [0, 0.05) is 18.4 Å². The number of carbonyl (C=O) groups is 1. The first-order valence-electron chi connectivity index (χ1n) is 9.56. The first kappa shape index (κ1) is 20.8. The second kappa shape index (κ2) is 10.0. The molecule has 7 heteroatoms. The molecular weight excluding hydrogens is 382 g/mol. The number of amides is 1. The van der Waals surface area contributed by atoms with Crippen LogP contribution in [0.1, 0.15) is 47.3 Å². The molecule has 0 aliphatic rings. The lowest BCUT2D eigenvalue weighted by atomic mass is 10.1. The number of aromatic nitrogens is 3. The number of benzene rings is 2. The second-order valence-electron chi connectivity index (χ2n) is 6.80. The molecule has 1 N–H and O–H groups in total. The summed E-state index contributed by atoms with van der Waals surface area (Å²) in [5, 5.41) is 13.0. The van der Waals surface area contributed by atoms with Crippen LogP contribution in [-0.4, -0.2) is 26.4 Å². The van der Waals surface area contributed by atoms with E-state index in [1.807, 2.05) is 54.9 Å². The highest BCUT2D eigenvalue weighted by molar-refractivity contribution is 7.98. The molecule has 1 amide bonds. The Bertz CT molecular complexity index is 977. The minimum absolute atomic E-state index is 0.223. The molecule has 3 aromatic rings. The van der Waals surface area contributed by atoms with Crippen molar-refractivity contribution in [2.75, 3.05) is 0 Å². The Morgan fingerprint density at radius 1 is 1.07 bits per heavy atom. The van der Waals surface area contributed by atoms with Gasteiger partial charge in [-0.3, -0.25) is 4.79 Å². The molecule has 1 heterocycles. The first-order chi connectivity index (χ1) is 14.1. The zero-order chi connectivity index (χ0) is 20.6. The van der Waals surface area contributed by atoms with E-state index in [4.69, 9.17) is 0 Å². The zero-order valence-electron chi connectivity index (χ0n) is 16.9. The number of rotatable bonds is 8. The quantitative estimate of drug-likeness (QED) is 0.345. The van der Waals surface area contributed by atoms with Crippen molar-refractivity contribution in [3.8, 4) is 0 Å². The molecule has 0 saturated heterocycles. The summed E-state index contributed by atoms with van der Waals surface area (Å²) in [4.78, 5) is 12.4. The molecule has 0 fully saturated rings. The maximum atomic E-state index is 12.4. The Labute approximate surface area is 175 Å². The van der Waals surface area contributed by atoms with Gasteiger partial charge in [0.1, 0.15) is 6.33 Å².